The third-order valence-electron chi connectivity index (χ3n) is 2.45. The monoisotopic (exact) mass is 249 g/mol. The summed E-state index contributed by atoms with van der Waals surface area (Å²) in [7, 11) is 0. The molecule has 1 unspecified atom stereocenters. The smallest absolute Gasteiger partial charge is 0.234 e. The summed E-state index contributed by atoms with van der Waals surface area (Å²) in [4.78, 5) is 22.2. The number of carbonyl (C=O) groups excluding carboxylic acids is 2. The minimum atomic E-state index is -0.375. The second kappa shape index (κ2) is 7.45. The van der Waals surface area contributed by atoms with E-state index in [4.69, 9.17) is 5.73 Å². The van der Waals surface area contributed by atoms with Crippen LogP contribution in [0.15, 0.2) is 30.3 Å². The molecule has 98 valence electrons. The zero-order chi connectivity index (χ0) is 13.4. The molecule has 1 aromatic rings. The van der Waals surface area contributed by atoms with E-state index in [9.17, 15) is 9.59 Å². The first kappa shape index (κ1) is 14.2. The Bertz CT molecular complexity index is 392. The Hall–Kier alpha value is -1.88. The van der Waals surface area contributed by atoms with E-state index in [1.165, 1.54) is 0 Å². The van der Waals surface area contributed by atoms with Gasteiger partial charge in [-0.15, -0.1) is 0 Å². The lowest BCUT2D eigenvalue weighted by atomic mass is 10.2. The van der Waals surface area contributed by atoms with Crippen LogP contribution >= 0.6 is 0 Å². The van der Waals surface area contributed by atoms with Crippen molar-refractivity contribution in [3.63, 3.8) is 0 Å². The number of hydrogen-bond acceptors (Lipinski definition) is 3. The predicted octanol–water partition coefficient (Wildman–Crippen LogP) is 0.156. The molecule has 0 spiro atoms. The molecular weight excluding hydrogens is 230 g/mol. The van der Waals surface area contributed by atoms with Gasteiger partial charge < -0.3 is 16.4 Å². The third-order valence-corrected chi connectivity index (χ3v) is 2.45. The average molecular weight is 249 g/mol. The number of primary amides is 1. The zero-order valence-electron chi connectivity index (χ0n) is 10.5. The molecular formula is C13H19N3O2. The topological polar surface area (TPSA) is 84.2 Å². The highest BCUT2D eigenvalue weighted by atomic mass is 16.2. The Morgan fingerprint density at radius 2 is 1.94 bits per heavy atom. The summed E-state index contributed by atoms with van der Waals surface area (Å²) >= 11 is 0. The van der Waals surface area contributed by atoms with Gasteiger partial charge in [-0.2, -0.15) is 0 Å². The molecule has 1 rings (SSSR count). The van der Waals surface area contributed by atoms with E-state index in [2.05, 4.69) is 10.6 Å². The molecule has 0 fully saturated rings. The lowest BCUT2D eigenvalue weighted by Crippen LogP contribution is -2.39. The standard InChI is InChI=1S/C13H19N3O2/c1-10(7-12(14)17)15-9-13(18)16-8-11-5-3-2-4-6-11/h2-6,10,15H,7-9H2,1H3,(H2,14,17)(H,16,18). The highest BCUT2D eigenvalue weighted by Gasteiger charge is 2.07. The number of carbonyl (C=O) groups is 2. The molecule has 0 aromatic heterocycles. The van der Waals surface area contributed by atoms with Gasteiger partial charge in [-0.05, 0) is 12.5 Å². The second-order valence-corrected chi connectivity index (χ2v) is 4.21. The fraction of sp³-hybridized carbons (Fsp3) is 0.385. The van der Waals surface area contributed by atoms with Gasteiger partial charge >= 0.3 is 0 Å². The molecule has 0 aliphatic heterocycles. The van der Waals surface area contributed by atoms with Gasteiger partial charge in [0, 0.05) is 19.0 Å². The molecule has 18 heavy (non-hydrogen) atoms. The summed E-state index contributed by atoms with van der Waals surface area (Å²) in [6.07, 6.45) is 0.228. The fourth-order valence-electron chi connectivity index (χ4n) is 1.50. The number of hydrogen-bond donors (Lipinski definition) is 3. The molecule has 4 N–H and O–H groups in total. The van der Waals surface area contributed by atoms with E-state index >= 15 is 0 Å². The van der Waals surface area contributed by atoms with Crippen molar-refractivity contribution in [3.8, 4) is 0 Å². The second-order valence-electron chi connectivity index (χ2n) is 4.21. The van der Waals surface area contributed by atoms with Crippen molar-refractivity contribution < 1.29 is 9.59 Å². The molecule has 2 amide bonds. The Kier molecular flexibility index (Phi) is 5.87. The minimum absolute atomic E-state index is 0.0926. The Morgan fingerprint density at radius 1 is 1.28 bits per heavy atom. The van der Waals surface area contributed by atoms with Crippen molar-refractivity contribution in [3.05, 3.63) is 35.9 Å². The summed E-state index contributed by atoms with van der Waals surface area (Å²) in [5, 5.41) is 5.73. The van der Waals surface area contributed by atoms with Crippen LogP contribution in [0.2, 0.25) is 0 Å². The summed E-state index contributed by atoms with van der Waals surface area (Å²) < 4.78 is 0. The van der Waals surface area contributed by atoms with Crippen LogP contribution in [0.1, 0.15) is 18.9 Å². The number of amides is 2. The molecule has 5 nitrogen and oxygen atoms in total. The molecule has 0 aliphatic carbocycles. The highest BCUT2D eigenvalue weighted by molar-refractivity contribution is 5.78. The average Bonchev–Trinajstić information content (AvgIpc) is 2.34. The minimum Gasteiger partial charge on any atom is -0.370 e. The fourth-order valence-corrected chi connectivity index (χ4v) is 1.50. The van der Waals surface area contributed by atoms with Crippen molar-refractivity contribution in [1.29, 1.82) is 0 Å². The maximum atomic E-state index is 11.5. The number of benzene rings is 1. The predicted molar refractivity (Wildman–Crippen MR) is 69.6 cm³/mol. The van der Waals surface area contributed by atoms with E-state index in [-0.39, 0.29) is 30.8 Å². The van der Waals surface area contributed by atoms with Crippen LogP contribution in [0.3, 0.4) is 0 Å². The number of nitrogens with two attached hydrogens (primary N) is 1. The molecule has 0 saturated carbocycles. The van der Waals surface area contributed by atoms with Crippen LogP contribution in [0.4, 0.5) is 0 Å². The third kappa shape index (κ3) is 6.00. The van der Waals surface area contributed by atoms with Crippen LogP contribution in [-0.4, -0.2) is 24.4 Å². The molecule has 1 atom stereocenters. The largest absolute Gasteiger partial charge is 0.370 e. The number of rotatable bonds is 7. The van der Waals surface area contributed by atoms with Crippen LogP contribution < -0.4 is 16.4 Å². The molecule has 0 radical (unpaired) electrons. The first-order chi connectivity index (χ1) is 8.58. The molecule has 0 heterocycles. The lowest BCUT2D eigenvalue weighted by molar-refractivity contribution is -0.121. The van der Waals surface area contributed by atoms with Crippen LogP contribution in [0, 0.1) is 0 Å². The van der Waals surface area contributed by atoms with Crippen molar-refractivity contribution in [2.24, 2.45) is 5.73 Å². The molecule has 0 aliphatic rings. The molecule has 5 heteroatoms. The quantitative estimate of drug-likeness (QED) is 0.643. The zero-order valence-corrected chi connectivity index (χ0v) is 10.5. The van der Waals surface area contributed by atoms with E-state index in [1.54, 1.807) is 0 Å². The first-order valence-electron chi connectivity index (χ1n) is 5.90. The van der Waals surface area contributed by atoms with Crippen molar-refractivity contribution in [2.45, 2.75) is 25.9 Å². The van der Waals surface area contributed by atoms with Gasteiger partial charge in [-0.25, -0.2) is 0 Å². The van der Waals surface area contributed by atoms with Crippen LogP contribution in [0.25, 0.3) is 0 Å². The summed E-state index contributed by atoms with van der Waals surface area (Å²) in [5.41, 5.74) is 6.11. The summed E-state index contributed by atoms with van der Waals surface area (Å²) in [5.74, 6) is -0.477. The van der Waals surface area contributed by atoms with Gasteiger partial charge in [0.2, 0.25) is 11.8 Å². The van der Waals surface area contributed by atoms with E-state index in [1.807, 2.05) is 37.3 Å². The van der Waals surface area contributed by atoms with Crippen LogP contribution in [0.5, 0.6) is 0 Å². The highest BCUT2D eigenvalue weighted by Crippen LogP contribution is 1.96. The van der Waals surface area contributed by atoms with Crippen LogP contribution in [-0.2, 0) is 16.1 Å². The first-order valence-corrected chi connectivity index (χ1v) is 5.90. The molecule has 0 bridgehead atoms. The maximum absolute atomic E-state index is 11.5. The van der Waals surface area contributed by atoms with Gasteiger partial charge in [0.05, 0.1) is 6.54 Å². The SMILES string of the molecule is CC(CC(N)=O)NCC(=O)NCc1ccccc1. The van der Waals surface area contributed by atoms with E-state index < -0.39 is 0 Å². The molecule has 1 aromatic carbocycles. The number of nitrogens with one attached hydrogen (secondary N) is 2. The van der Waals surface area contributed by atoms with Gasteiger partial charge in [-0.3, -0.25) is 9.59 Å². The molecule has 0 saturated heterocycles. The normalized spacial score (nSPS) is 11.8. The summed E-state index contributed by atoms with van der Waals surface area (Å²) in [6, 6.07) is 9.58. The summed E-state index contributed by atoms with van der Waals surface area (Å²) in [6.45, 7) is 2.50. The Labute approximate surface area is 107 Å². The van der Waals surface area contributed by atoms with Crippen molar-refractivity contribution in [1.82, 2.24) is 10.6 Å². The van der Waals surface area contributed by atoms with Gasteiger partial charge in [0.15, 0.2) is 0 Å². The Morgan fingerprint density at radius 3 is 2.56 bits per heavy atom. The lowest BCUT2D eigenvalue weighted by Gasteiger charge is -2.11. The van der Waals surface area contributed by atoms with Crippen molar-refractivity contribution >= 4 is 11.8 Å². The van der Waals surface area contributed by atoms with E-state index in [0.29, 0.717) is 6.54 Å². The van der Waals surface area contributed by atoms with Crippen molar-refractivity contribution in [2.75, 3.05) is 6.54 Å². The van der Waals surface area contributed by atoms with E-state index in [0.717, 1.165) is 5.56 Å². The maximum Gasteiger partial charge on any atom is 0.234 e. The van der Waals surface area contributed by atoms with Gasteiger partial charge in [-0.1, -0.05) is 30.3 Å². The van der Waals surface area contributed by atoms with Gasteiger partial charge in [0.25, 0.3) is 0 Å². The Balaban J connectivity index is 2.20. The van der Waals surface area contributed by atoms with Gasteiger partial charge in [0.1, 0.15) is 0 Å².